The summed E-state index contributed by atoms with van der Waals surface area (Å²) in [5, 5.41) is 62.6. The summed E-state index contributed by atoms with van der Waals surface area (Å²) in [5.74, 6) is -12.6. The molecule has 0 saturated carbocycles. The highest BCUT2D eigenvalue weighted by molar-refractivity contribution is 5.99. The Bertz CT molecular complexity index is 2040. The number of carbonyl (C=O) groups is 11. The standard InChI is InChI=1S/C46H72N10O16/c1-25(2)22-34(46(71)72)55-42(67)31(16-18-37(60)61)51-41(66)30(15-17-36(58)59)50-40(65)29(9-4-6-20-48)52-44(69)35-10-7-21-56(35)45(70)33(24-38(62)63)54-43(68)32(23-26-11-13-27(57)14-12-26)53-39(64)28(49)8-3-5-19-47/h11-14,25,28-35,57H,3-10,15-24,47-49H2,1-2H3,(H,50,65)(H,51,66)(H,52,69)(H,53,64)(H,54,68)(H,55,67)(H,58,59)(H,60,61)(H,62,63)(H,71,72)/t28-,29-,30-,31-,32-,33-,34-,35-/m0/s1. The van der Waals surface area contributed by atoms with Crippen LogP contribution in [0.5, 0.6) is 5.75 Å². The molecular formula is C46H72N10O16. The number of phenols is 1. The first kappa shape index (κ1) is 61.2. The number of nitrogens with zero attached hydrogens (tertiary/aromatic N) is 1. The first-order valence-corrected chi connectivity index (χ1v) is 23.9. The van der Waals surface area contributed by atoms with Crippen molar-refractivity contribution in [2.45, 2.75) is 158 Å². The summed E-state index contributed by atoms with van der Waals surface area (Å²) in [5.41, 5.74) is 17.8. The number of carboxylic acids is 4. The van der Waals surface area contributed by atoms with Crippen molar-refractivity contribution in [1.82, 2.24) is 36.8 Å². The molecule has 1 aliphatic heterocycles. The summed E-state index contributed by atoms with van der Waals surface area (Å²) in [6.07, 6.45) is -1.48. The molecule has 7 amide bonds. The van der Waals surface area contributed by atoms with E-state index in [2.05, 4.69) is 31.9 Å². The Morgan fingerprint density at radius 2 is 1.07 bits per heavy atom. The third-order valence-electron chi connectivity index (χ3n) is 11.6. The van der Waals surface area contributed by atoms with Gasteiger partial charge < -0.3 is 79.5 Å². The Morgan fingerprint density at radius 3 is 1.56 bits per heavy atom. The van der Waals surface area contributed by atoms with Gasteiger partial charge in [0.2, 0.25) is 41.4 Å². The number of phenolic OH excluding ortho intramolecular Hbond substituents is 1. The van der Waals surface area contributed by atoms with Gasteiger partial charge in [-0.2, -0.15) is 0 Å². The number of unbranched alkanes of at least 4 members (excludes halogenated alkanes) is 2. The molecule has 2 rings (SSSR count). The van der Waals surface area contributed by atoms with Crippen molar-refractivity contribution in [3.63, 3.8) is 0 Å². The minimum absolute atomic E-state index is 0.0153. The molecule has 0 spiro atoms. The molecule has 0 radical (unpaired) electrons. The lowest BCUT2D eigenvalue weighted by molar-refractivity contribution is -0.146. The molecule has 1 aromatic rings. The first-order chi connectivity index (χ1) is 34.0. The Morgan fingerprint density at radius 1 is 0.597 bits per heavy atom. The van der Waals surface area contributed by atoms with Crippen molar-refractivity contribution in [2.24, 2.45) is 23.1 Å². The zero-order valence-electron chi connectivity index (χ0n) is 40.6. The molecule has 1 fully saturated rings. The number of carboxylic acid groups (broad SMARTS) is 4. The molecule has 1 saturated heterocycles. The van der Waals surface area contributed by atoms with Crippen LogP contribution in [0.3, 0.4) is 0 Å². The highest BCUT2D eigenvalue weighted by atomic mass is 16.4. The van der Waals surface area contributed by atoms with Gasteiger partial charge in [-0.25, -0.2) is 4.79 Å². The van der Waals surface area contributed by atoms with Crippen molar-refractivity contribution in [2.75, 3.05) is 19.6 Å². The largest absolute Gasteiger partial charge is 0.508 e. The SMILES string of the molecule is CC(C)C[C@H](NC(=O)[C@H](CCC(=O)O)NC(=O)[C@H](CCC(=O)O)NC(=O)[C@H](CCCCN)NC(=O)[C@@H]1CCCN1C(=O)[C@H](CC(=O)O)NC(=O)[C@H](Cc1ccc(O)cc1)NC(=O)[C@@H](N)CCCCN)C(=O)O. The summed E-state index contributed by atoms with van der Waals surface area (Å²) < 4.78 is 0. The van der Waals surface area contributed by atoms with E-state index in [-0.39, 0.29) is 69.7 Å². The van der Waals surface area contributed by atoms with Gasteiger partial charge in [0, 0.05) is 25.8 Å². The Labute approximate surface area is 416 Å². The lowest BCUT2D eigenvalue weighted by Gasteiger charge is -2.30. The van der Waals surface area contributed by atoms with Gasteiger partial charge in [-0.15, -0.1) is 0 Å². The maximum Gasteiger partial charge on any atom is 0.326 e. The van der Waals surface area contributed by atoms with E-state index in [1.807, 2.05) is 0 Å². The van der Waals surface area contributed by atoms with Crippen LogP contribution in [-0.4, -0.2) is 164 Å². The number of hydrogen-bond acceptors (Lipinski definition) is 15. The van der Waals surface area contributed by atoms with E-state index in [9.17, 15) is 78.3 Å². The normalized spacial score (nSPS) is 16.1. The number of hydrogen-bond donors (Lipinski definition) is 14. The Kier molecular flexibility index (Phi) is 26.7. The number of nitrogens with two attached hydrogens (primary N) is 3. The van der Waals surface area contributed by atoms with Crippen molar-refractivity contribution >= 4 is 65.2 Å². The molecule has 26 heteroatoms. The average Bonchev–Trinajstić information content (AvgIpc) is 3.81. The second-order valence-electron chi connectivity index (χ2n) is 18.0. The van der Waals surface area contributed by atoms with Crippen LogP contribution in [0.2, 0.25) is 0 Å². The molecule has 1 aliphatic rings. The third-order valence-corrected chi connectivity index (χ3v) is 11.6. The van der Waals surface area contributed by atoms with Crippen LogP contribution in [0.4, 0.5) is 0 Å². The van der Waals surface area contributed by atoms with Crippen molar-refractivity contribution in [1.29, 1.82) is 0 Å². The zero-order chi connectivity index (χ0) is 54.1. The van der Waals surface area contributed by atoms with Gasteiger partial charge in [-0.3, -0.25) is 47.9 Å². The summed E-state index contributed by atoms with van der Waals surface area (Å²) in [6.45, 7) is 3.85. The van der Waals surface area contributed by atoms with E-state index in [0.717, 1.165) is 4.90 Å². The van der Waals surface area contributed by atoms with Crippen LogP contribution in [0.15, 0.2) is 24.3 Å². The van der Waals surface area contributed by atoms with Crippen molar-refractivity contribution in [3.05, 3.63) is 29.8 Å². The lowest BCUT2D eigenvalue weighted by atomic mass is 10.0. The number of rotatable bonds is 34. The summed E-state index contributed by atoms with van der Waals surface area (Å²) >= 11 is 0. The van der Waals surface area contributed by atoms with Gasteiger partial charge in [0.1, 0.15) is 48.0 Å². The molecule has 26 nitrogen and oxygen atoms in total. The molecular weight excluding hydrogens is 949 g/mol. The monoisotopic (exact) mass is 1020 g/mol. The van der Waals surface area contributed by atoms with Gasteiger partial charge in [0.05, 0.1) is 12.5 Å². The molecule has 0 aliphatic carbocycles. The molecule has 8 atom stereocenters. The van der Waals surface area contributed by atoms with Crippen LogP contribution in [0, 0.1) is 5.92 Å². The van der Waals surface area contributed by atoms with E-state index in [1.165, 1.54) is 24.3 Å². The average molecular weight is 1020 g/mol. The van der Waals surface area contributed by atoms with Crippen molar-refractivity contribution in [3.8, 4) is 5.75 Å². The van der Waals surface area contributed by atoms with Gasteiger partial charge in [-0.1, -0.05) is 32.4 Å². The van der Waals surface area contributed by atoms with Crippen LogP contribution in [-0.2, 0) is 59.2 Å². The van der Waals surface area contributed by atoms with Crippen LogP contribution < -0.4 is 49.1 Å². The highest BCUT2D eigenvalue weighted by Crippen LogP contribution is 2.21. The molecule has 1 heterocycles. The number of aliphatic carboxylic acids is 4. The number of benzene rings is 1. The fraction of sp³-hybridized carbons (Fsp3) is 0.630. The molecule has 72 heavy (non-hydrogen) atoms. The second-order valence-corrected chi connectivity index (χ2v) is 18.0. The first-order valence-electron chi connectivity index (χ1n) is 23.9. The van der Waals surface area contributed by atoms with E-state index in [4.69, 9.17) is 17.2 Å². The lowest BCUT2D eigenvalue weighted by Crippen LogP contribution is -2.60. The predicted molar refractivity (Wildman–Crippen MR) is 255 cm³/mol. The van der Waals surface area contributed by atoms with E-state index in [1.54, 1.807) is 13.8 Å². The maximum atomic E-state index is 14.2. The van der Waals surface area contributed by atoms with Crippen LogP contribution in [0.25, 0.3) is 0 Å². The third kappa shape index (κ3) is 22.0. The summed E-state index contributed by atoms with van der Waals surface area (Å²) in [7, 11) is 0. The molecule has 0 unspecified atom stereocenters. The Hall–Kier alpha value is -6.93. The Balaban J connectivity index is 2.40. The molecule has 0 aromatic heterocycles. The number of likely N-dealkylation sites (tertiary alicyclic amines) is 1. The van der Waals surface area contributed by atoms with Gasteiger partial charge in [0.15, 0.2) is 0 Å². The van der Waals surface area contributed by atoms with E-state index in [0.29, 0.717) is 31.4 Å². The number of amides is 7. The van der Waals surface area contributed by atoms with Gasteiger partial charge in [-0.05, 0) is 101 Å². The fourth-order valence-electron chi connectivity index (χ4n) is 7.76. The fourth-order valence-corrected chi connectivity index (χ4v) is 7.76. The zero-order valence-corrected chi connectivity index (χ0v) is 40.6. The van der Waals surface area contributed by atoms with E-state index >= 15 is 0 Å². The summed E-state index contributed by atoms with van der Waals surface area (Å²) in [4.78, 5) is 145. The molecule has 17 N–H and O–H groups in total. The van der Waals surface area contributed by atoms with Crippen LogP contribution in [0.1, 0.15) is 109 Å². The minimum Gasteiger partial charge on any atom is -0.508 e. The number of carbonyl (C=O) groups excluding carboxylic acids is 7. The molecule has 402 valence electrons. The molecule has 1 aromatic carbocycles. The predicted octanol–water partition coefficient (Wildman–Crippen LogP) is -2.25. The number of aromatic hydroxyl groups is 1. The smallest absolute Gasteiger partial charge is 0.326 e. The maximum absolute atomic E-state index is 14.2. The van der Waals surface area contributed by atoms with E-state index < -0.39 is 146 Å². The quantitative estimate of drug-likeness (QED) is 0.0324. The molecule has 0 bridgehead atoms. The van der Waals surface area contributed by atoms with Gasteiger partial charge >= 0.3 is 23.9 Å². The topological polar surface area (TPSA) is 442 Å². The minimum atomic E-state index is -1.77. The summed E-state index contributed by atoms with van der Waals surface area (Å²) in [6, 6.07) is -6.08. The van der Waals surface area contributed by atoms with Gasteiger partial charge in [0.25, 0.3) is 0 Å². The van der Waals surface area contributed by atoms with Crippen molar-refractivity contribution < 1.29 is 78.3 Å². The highest BCUT2D eigenvalue weighted by Gasteiger charge is 2.41. The number of nitrogens with one attached hydrogen (secondary N) is 6. The van der Waals surface area contributed by atoms with Crippen LogP contribution >= 0.6 is 0 Å². The second kappa shape index (κ2) is 31.4.